The summed E-state index contributed by atoms with van der Waals surface area (Å²) in [6.45, 7) is 1.42. The van der Waals surface area contributed by atoms with Gasteiger partial charge in [-0.2, -0.15) is 26.3 Å². The van der Waals surface area contributed by atoms with E-state index in [1.54, 1.807) is 18.2 Å². The lowest BCUT2D eigenvalue weighted by Gasteiger charge is -2.26. The number of anilines is 1. The van der Waals surface area contributed by atoms with Crippen LogP contribution >= 0.6 is 0 Å². The van der Waals surface area contributed by atoms with Crippen LogP contribution in [0.15, 0.2) is 36.6 Å². The molecule has 0 bridgehead atoms. The van der Waals surface area contributed by atoms with Crippen molar-refractivity contribution in [2.75, 3.05) is 5.32 Å². The van der Waals surface area contributed by atoms with E-state index in [9.17, 15) is 31.1 Å². The van der Waals surface area contributed by atoms with Gasteiger partial charge in [-0.3, -0.25) is 9.20 Å². The number of carbonyl (C=O) groups is 1. The largest absolute Gasteiger partial charge is 0.417 e. The van der Waals surface area contributed by atoms with E-state index < -0.39 is 29.2 Å². The minimum absolute atomic E-state index is 0.0549. The van der Waals surface area contributed by atoms with E-state index in [1.165, 1.54) is 0 Å². The number of rotatable bonds is 3. The van der Waals surface area contributed by atoms with Gasteiger partial charge in [0.15, 0.2) is 5.82 Å². The van der Waals surface area contributed by atoms with Gasteiger partial charge in [0.05, 0.1) is 11.3 Å². The molecule has 1 amide bonds. The summed E-state index contributed by atoms with van der Waals surface area (Å²) in [5.41, 5.74) is -3.10. The van der Waals surface area contributed by atoms with E-state index in [0.717, 1.165) is 22.7 Å². The molecule has 0 fully saturated rings. The van der Waals surface area contributed by atoms with Gasteiger partial charge in [0, 0.05) is 11.8 Å². The van der Waals surface area contributed by atoms with Gasteiger partial charge in [-0.1, -0.05) is 18.2 Å². The van der Waals surface area contributed by atoms with Crippen molar-refractivity contribution in [3.63, 3.8) is 0 Å². The molecule has 0 spiro atoms. The molecule has 10 heteroatoms. The van der Waals surface area contributed by atoms with Crippen molar-refractivity contribution in [1.82, 2.24) is 9.38 Å². The Morgan fingerprint density at radius 1 is 1.11 bits per heavy atom. The minimum atomic E-state index is -4.81. The maximum Gasteiger partial charge on any atom is 0.417 e. The van der Waals surface area contributed by atoms with Crippen molar-refractivity contribution in [3.8, 4) is 0 Å². The minimum Gasteiger partial charge on any atom is -0.308 e. The third-order valence-corrected chi connectivity index (χ3v) is 4.28. The third kappa shape index (κ3) is 3.19. The zero-order chi connectivity index (χ0) is 20.2. The number of hydrogen-bond acceptors (Lipinski definition) is 2. The lowest BCUT2D eigenvalue weighted by atomic mass is 9.91. The van der Waals surface area contributed by atoms with E-state index in [2.05, 4.69) is 10.3 Å². The SMILES string of the molecule is CC(C)(C(=O)Nc1nc2ccc(C(F)(F)F)cn2c1C1=CC=C1)C(F)(F)F. The van der Waals surface area contributed by atoms with E-state index in [-0.39, 0.29) is 17.2 Å². The number of amides is 1. The first-order valence-electron chi connectivity index (χ1n) is 7.68. The fourth-order valence-electron chi connectivity index (χ4n) is 2.32. The Morgan fingerprint density at radius 2 is 1.74 bits per heavy atom. The van der Waals surface area contributed by atoms with Crippen molar-refractivity contribution in [2.45, 2.75) is 26.2 Å². The summed E-state index contributed by atoms with van der Waals surface area (Å²) in [7, 11) is 0. The Bertz CT molecular complexity index is 979. The van der Waals surface area contributed by atoms with Crippen LogP contribution in [0.2, 0.25) is 0 Å². The summed E-state index contributed by atoms with van der Waals surface area (Å²) in [4.78, 5) is 16.2. The number of nitrogens with one attached hydrogen (secondary N) is 1. The smallest absolute Gasteiger partial charge is 0.308 e. The van der Waals surface area contributed by atoms with Gasteiger partial charge >= 0.3 is 12.4 Å². The van der Waals surface area contributed by atoms with E-state index in [0.29, 0.717) is 19.4 Å². The van der Waals surface area contributed by atoms with Gasteiger partial charge in [-0.15, -0.1) is 0 Å². The summed E-state index contributed by atoms with van der Waals surface area (Å²) < 4.78 is 79.3. The standard InChI is InChI=1S/C17H13F6N3O/c1-15(2,17(21,22)23)14(27)25-13-12(9-4-3-5-9)26-8-10(16(18,19)20)6-7-11(26)24-13/h3-8H,1-2H3,(H,25,27). The number of carbonyl (C=O) groups excluding carboxylic acids is 1. The fourth-order valence-corrected chi connectivity index (χ4v) is 2.32. The summed E-state index contributed by atoms with van der Waals surface area (Å²) in [6.07, 6.45) is -3.93. The van der Waals surface area contributed by atoms with Crippen LogP contribution < -0.4 is 5.32 Å². The number of fused-ring (bicyclic) bond motifs is 1. The highest BCUT2D eigenvalue weighted by molar-refractivity contribution is 5.98. The number of nitrogens with zero attached hydrogens (tertiary/aromatic N) is 2. The molecule has 1 aliphatic carbocycles. The topological polar surface area (TPSA) is 46.4 Å². The van der Waals surface area contributed by atoms with Crippen LogP contribution in [-0.4, -0.2) is 21.5 Å². The van der Waals surface area contributed by atoms with Gasteiger partial charge in [-0.05, 0) is 26.0 Å². The van der Waals surface area contributed by atoms with Crippen molar-refractivity contribution in [1.29, 1.82) is 0 Å². The first kappa shape index (κ1) is 19.0. The normalized spacial score (nSPS) is 14.9. The van der Waals surface area contributed by atoms with E-state index >= 15 is 0 Å². The molecule has 3 rings (SSSR count). The van der Waals surface area contributed by atoms with Crippen LogP contribution in [0.25, 0.3) is 11.2 Å². The maximum absolute atomic E-state index is 13.1. The molecular formula is C17H13F6N3O. The van der Waals surface area contributed by atoms with Gasteiger partial charge in [0.25, 0.3) is 0 Å². The molecule has 1 aliphatic rings. The Morgan fingerprint density at radius 3 is 2.22 bits per heavy atom. The maximum atomic E-state index is 13.1. The molecule has 2 aromatic rings. The van der Waals surface area contributed by atoms with Crippen LogP contribution in [0.4, 0.5) is 32.2 Å². The predicted molar refractivity (Wildman–Crippen MR) is 85.8 cm³/mol. The second kappa shape index (κ2) is 5.86. The van der Waals surface area contributed by atoms with Crippen LogP contribution in [0.5, 0.6) is 0 Å². The lowest BCUT2D eigenvalue weighted by Crippen LogP contribution is -2.43. The number of halogens is 6. The molecule has 144 valence electrons. The number of pyridine rings is 1. The van der Waals surface area contributed by atoms with Crippen LogP contribution in [0, 0.1) is 5.41 Å². The molecule has 0 unspecified atom stereocenters. The van der Waals surface area contributed by atoms with Crippen molar-refractivity contribution < 1.29 is 31.1 Å². The highest BCUT2D eigenvalue weighted by Crippen LogP contribution is 2.39. The Labute approximate surface area is 149 Å². The second-order valence-electron chi connectivity index (χ2n) is 6.51. The molecule has 2 heterocycles. The molecule has 4 nitrogen and oxygen atoms in total. The molecule has 0 atom stereocenters. The Balaban J connectivity index is 2.09. The zero-order valence-electron chi connectivity index (χ0n) is 14.0. The average molecular weight is 389 g/mol. The number of aromatic nitrogens is 2. The molecule has 1 N–H and O–H groups in total. The number of hydrogen-bond donors (Lipinski definition) is 1. The molecular weight excluding hydrogens is 376 g/mol. The van der Waals surface area contributed by atoms with Crippen molar-refractivity contribution >= 4 is 22.9 Å². The van der Waals surface area contributed by atoms with Crippen LogP contribution in [0.3, 0.4) is 0 Å². The first-order chi connectivity index (χ1) is 12.3. The van der Waals surface area contributed by atoms with Gasteiger partial charge in [-0.25, -0.2) is 4.98 Å². The highest BCUT2D eigenvalue weighted by atomic mass is 19.4. The number of imidazole rings is 1. The highest BCUT2D eigenvalue weighted by Gasteiger charge is 2.53. The molecule has 0 radical (unpaired) electrons. The van der Waals surface area contributed by atoms with E-state index in [1.807, 2.05) is 0 Å². The summed E-state index contributed by atoms with van der Waals surface area (Å²) >= 11 is 0. The Hall–Kier alpha value is -2.78. The fraction of sp³-hybridized carbons (Fsp3) is 0.294. The molecule has 0 saturated carbocycles. The number of allylic oxidation sites excluding steroid dienone is 4. The summed E-state index contributed by atoms with van der Waals surface area (Å²) in [6, 6.07) is 1.89. The molecule has 2 aromatic heterocycles. The zero-order valence-corrected chi connectivity index (χ0v) is 14.0. The lowest BCUT2D eigenvalue weighted by molar-refractivity contribution is -0.208. The quantitative estimate of drug-likeness (QED) is 0.765. The first-order valence-corrected chi connectivity index (χ1v) is 7.68. The van der Waals surface area contributed by atoms with Gasteiger partial charge < -0.3 is 5.32 Å². The number of alkyl halides is 6. The molecule has 0 aromatic carbocycles. The molecule has 0 aliphatic heterocycles. The third-order valence-electron chi connectivity index (χ3n) is 4.28. The summed E-state index contributed by atoms with van der Waals surface area (Å²) in [5.74, 6) is -1.60. The predicted octanol–water partition coefficient (Wildman–Crippen LogP) is 4.83. The molecule has 0 saturated heterocycles. The van der Waals surface area contributed by atoms with Gasteiger partial charge in [0.1, 0.15) is 11.1 Å². The van der Waals surface area contributed by atoms with Crippen molar-refractivity contribution in [3.05, 3.63) is 47.8 Å². The monoisotopic (exact) mass is 389 g/mol. The average Bonchev–Trinajstić information content (AvgIpc) is 2.81. The van der Waals surface area contributed by atoms with Gasteiger partial charge in [0.2, 0.25) is 5.91 Å². The summed E-state index contributed by atoms with van der Waals surface area (Å²) in [5, 5.41) is 2.11. The Kier molecular flexibility index (Phi) is 4.12. The second-order valence-corrected chi connectivity index (χ2v) is 6.51. The molecule has 27 heavy (non-hydrogen) atoms. The van der Waals surface area contributed by atoms with E-state index in [4.69, 9.17) is 0 Å². The van der Waals surface area contributed by atoms with Crippen LogP contribution in [0.1, 0.15) is 25.1 Å². The van der Waals surface area contributed by atoms with Crippen molar-refractivity contribution in [2.24, 2.45) is 5.41 Å². The van der Waals surface area contributed by atoms with Crippen LogP contribution in [-0.2, 0) is 11.0 Å².